The first kappa shape index (κ1) is 7.81. The summed E-state index contributed by atoms with van der Waals surface area (Å²) in [4.78, 5) is 0. The molecule has 0 aliphatic heterocycles. The van der Waals surface area contributed by atoms with Crippen molar-refractivity contribution < 1.29 is 4.39 Å². The van der Waals surface area contributed by atoms with E-state index in [4.69, 9.17) is 0 Å². The molecule has 0 saturated heterocycles. The van der Waals surface area contributed by atoms with Gasteiger partial charge in [-0.15, -0.1) is 0 Å². The van der Waals surface area contributed by atoms with Gasteiger partial charge < -0.3 is 0 Å². The normalized spacial score (nSPS) is 8.55. The van der Waals surface area contributed by atoms with Crippen molar-refractivity contribution in [3.05, 3.63) is 35.6 Å². The van der Waals surface area contributed by atoms with E-state index in [0.717, 1.165) is 12.0 Å². The van der Waals surface area contributed by atoms with Crippen molar-refractivity contribution >= 4 is 0 Å². The third-order valence-corrected chi connectivity index (χ3v) is 1.23. The third kappa shape index (κ3) is 2.43. The SMILES string of the molecule is CCC#Cc1cccc(F)c1. The summed E-state index contributed by atoms with van der Waals surface area (Å²) in [6.45, 7) is 1.96. The average molecular weight is 148 g/mol. The van der Waals surface area contributed by atoms with Crippen LogP contribution in [0.4, 0.5) is 4.39 Å². The number of hydrogen-bond donors (Lipinski definition) is 0. The molecule has 1 rings (SSSR count). The predicted octanol–water partition coefficient (Wildman–Crippen LogP) is 2.59. The van der Waals surface area contributed by atoms with Crippen LogP contribution in [0.5, 0.6) is 0 Å². The van der Waals surface area contributed by atoms with E-state index < -0.39 is 0 Å². The Balaban J connectivity index is 2.87. The second-order valence-electron chi connectivity index (χ2n) is 2.17. The van der Waals surface area contributed by atoms with Crippen LogP contribution in [-0.2, 0) is 0 Å². The lowest BCUT2D eigenvalue weighted by molar-refractivity contribution is 0.627. The molecule has 0 atom stereocenters. The van der Waals surface area contributed by atoms with Gasteiger partial charge in [0.15, 0.2) is 0 Å². The molecule has 0 fully saturated rings. The Morgan fingerprint density at radius 3 is 2.91 bits per heavy atom. The lowest BCUT2D eigenvalue weighted by Gasteiger charge is -1.88. The van der Waals surface area contributed by atoms with Crippen molar-refractivity contribution in [2.24, 2.45) is 0 Å². The number of halogens is 1. The molecule has 0 aliphatic rings. The summed E-state index contributed by atoms with van der Waals surface area (Å²) in [5.74, 6) is 5.49. The van der Waals surface area contributed by atoms with Gasteiger partial charge in [-0.25, -0.2) is 4.39 Å². The Labute approximate surface area is 66.1 Å². The van der Waals surface area contributed by atoms with E-state index in [-0.39, 0.29) is 5.82 Å². The van der Waals surface area contributed by atoms with Crippen molar-refractivity contribution in [1.29, 1.82) is 0 Å². The van der Waals surface area contributed by atoms with Gasteiger partial charge >= 0.3 is 0 Å². The van der Waals surface area contributed by atoms with Gasteiger partial charge in [-0.3, -0.25) is 0 Å². The first-order chi connectivity index (χ1) is 5.33. The molecule has 0 heterocycles. The largest absolute Gasteiger partial charge is 0.207 e. The zero-order valence-corrected chi connectivity index (χ0v) is 6.39. The van der Waals surface area contributed by atoms with Gasteiger partial charge in [0.05, 0.1) is 0 Å². The van der Waals surface area contributed by atoms with Crippen LogP contribution in [0.3, 0.4) is 0 Å². The summed E-state index contributed by atoms with van der Waals surface area (Å²) in [6.07, 6.45) is 0.802. The minimum Gasteiger partial charge on any atom is -0.207 e. The van der Waals surface area contributed by atoms with Gasteiger partial charge in [-0.2, -0.15) is 0 Å². The molecule has 0 amide bonds. The van der Waals surface area contributed by atoms with Crippen molar-refractivity contribution in [3.8, 4) is 11.8 Å². The smallest absolute Gasteiger partial charge is 0.124 e. The summed E-state index contributed by atoms with van der Waals surface area (Å²) < 4.78 is 12.5. The topological polar surface area (TPSA) is 0 Å². The Bertz CT molecular complexity index is 291. The molecule has 56 valence electrons. The molecule has 1 heteroatoms. The zero-order valence-electron chi connectivity index (χ0n) is 6.39. The molecule has 0 unspecified atom stereocenters. The number of hydrogen-bond acceptors (Lipinski definition) is 0. The Hall–Kier alpha value is -1.29. The molecular formula is C10H9F. The van der Waals surface area contributed by atoms with E-state index >= 15 is 0 Å². The van der Waals surface area contributed by atoms with Gasteiger partial charge in [0.1, 0.15) is 5.82 Å². The zero-order chi connectivity index (χ0) is 8.10. The number of benzene rings is 1. The highest BCUT2D eigenvalue weighted by Gasteiger charge is 1.88. The fourth-order valence-electron chi connectivity index (χ4n) is 0.757. The monoisotopic (exact) mass is 148 g/mol. The minimum absolute atomic E-state index is 0.229. The molecular weight excluding hydrogens is 139 g/mol. The predicted molar refractivity (Wildman–Crippen MR) is 43.6 cm³/mol. The fraction of sp³-hybridized carbons (Fsp3) is 0.200. The third-order valence-electron chi connectivity index (χ3n) is 1.23. The maximum Gasteiger partial charge on any atom is 0.124 e. The molecule has 0 aliphatic carbocycles. The van der Waals surface area contributed by atoms with Gasteiger partial charge in [-0.1, -0.05) is 24.8 Å². The van der Waals surface area contributed by atoms with Crippen LogP contribution in [0.1, 0.15) is 18.9 Å². The molecule has 0 nitrogen and oxygen atoms in total. The van der Waals surface area contributed by atoms with E-state index in [1.54, 1.807) is 12.1 Å². The highest BCUT2D eigenvalue weighted by Crippen LogP contribution is 2.00. The molecule has 11 heavy (non-hydrogen) atoms. The summed E-state index contributed by atoms with van der Waals surface area (Å²) >= 11 is 0. The van der Waals surface area contributed by atoms with E-state index in [2.05, 4.69) is 11.8 Å². The summed E-state index contributed by atoms with van der Waals surface area (Å²) in [6, 6.07) is 6.31. The summed E-state index contributed by atoms with van der Waals surface area (Å²) in [5.41, 5.74) is 0.742. The molecule has 0 radical (unpaired) electrons. The average Bonchev–Trinajstić information content (AvgIpc) is 2.01. The Kier molecular flexibility index (Phi) is 2.68. The molecule has 0 saturated carbocycles. The van der Waals surface area contributed by atoms with Crippen LogP contribution >= 0.6 is 0 Å². The Morgan fingerprint density at radius 1 is 1.45 bits per heavy atom. The van der Waals surface area contributed by atoms with Gasteiger partial charge in [0.25, 0.3) is 0 Å². The van der Waals surface area contributed by atoms with E-state index in [1.165, 1.54) is 12.1 Å². The van der Waals surface area contributed by atoms with Crippen molar-refractivity contribution in [1.82, 2.24) is 0 Å². The van der Waals surface area contributed by atoms with Crippen LogP contribution in [0.15, 0.2) is 24.3 Å². The minimum atomic E-state index is -0.229. The van der Waals surface area contributed by atoms with Crippen LogP contribution in [0.2, 0.25) is 0 Å². The second kappa shape index (κ2) is 3.78. The molecule has 0 bridgehead atoms. The van der Waals surface area contributed by atoms with Crippen LogP contribution in [-0.4, -0.2) is 0 Å². The van der Waals surface area contributed by atoms with E-state index in [1.807, 2.05) is 6.92 Å². The first-order valence-corrected chi connectivity index (χ1v) is 3.57. The quantitative estimate of drug-likeness (QED) is 0.496. The van der Waals surface area contributed by atoms with Gasteiger partial charge in [0.2, 0.25) is 0 Å². The fourth-order valence-corrected chi connectivity index (χ4v) is 0.757. The molecule has 0 N–H and O–H groups in total. The van der Waals surface area contributed by atoms with Crippen LogP contribution in [0.25, 0.3) is 0 Å². The maximum atomic E-state index is 12.5. The molecule has 0 aromatic heterocycles. The van der Waals surface area contributed by atoms with Crippen LogP contribution in [0, 0.1) is 17.7 Å². The van der Waals surface area contributed by atoms with Crippen molar-refractivity contribution in [3.63, 3.8) is 0 Å². The van der Waals surface area contributed by atoms with E-state index in [0.29, 0.717) is 0 Å². The second-order valence-corrected chi connectivity index (χ2v) is 2.17. The molecule has 1 aromatic carbocycles. The van der Waals surface area contributed by atoms with E-state index in [9.17, 15) is 4.39 Å². The first-order valence-electron chi connectivity index (χ1n) is 3.57. The highest BCUT2D eigenvalue weighted by molar-refractivity contribution is 5.33. The lowest BCUT2D eigenvalue weighted by atomic mass is 10.2. The lowest BCUT2D eigenvalue weighted by Crippen LogP contribution is -1.76. The van der Waals surface area contributed by atoms with Gasteiger partial charge in [0, 0.05) is 12.0 Å². The number of rotatable bonds is 0. The maximum absolute atomic E-state index is 12.5. The summed E-state index contributed by atoms with van der Waals surface area (Å²) in [7, 11) is 0. The standard InChI is InChI=1S/C10H9F/c1-2-3-5-9-6-4-7-10(11)8-9/h4,6-8H,2H2,1H3. The summed E-state index contributed by atoms with van der Waals surface area (Å²) in [5, 5.41) is 0. The van der Waals surface area contributed by atoms with Crippen molar-refractivity contribution in [2.75, 3.05) is 0 Å². The molecule has 1 aromatic rings. The van der Waals surface area contributed by atoms with Crippen molar-refractivity contribution in [2.45, 2.75) is 13.3 Å². The van der Waals surface area contributed by atoms with Crippen LogP contribution < -0.4 is 0 Å². The van der Waals surface area contributed by atoms with Gasteiger partial charge in [-0.05, 0) is 18.2 Å². The Morgan fingerprint density at radius 2 is 2.27 bits per heavy atom. The highest BCUT2D eigenvalue weighted by atomic mass is 19.1. The molecule has 0 spiro atoms.